The van der Waals surface area contributed by atoms with Crippen molar-refractivity contribution in [1.82, 2.24) is 4.90 Å². The van der Waals surface area contributed by atoms with Crippen LogP contribution in [0.2, 0.25) is 0 Å². The molecule has 0 radical (unpaired) electrons. The number of benzene rings is 1. The molecule has 4 heteroatoms. The highest BCUT2D eigenvalue weighted by atomic mass is 16.6. The number of phenolic OH excluding ortho intramolecular Hbond substituents is 1. The van der Waals surface area contributed by atoms with Gasteiger partial charge in [0.25, 0.3) is 0 Å². The zero-order valence-corrected chi connectivity index (χ0v) is 13.3. The molecule has 1 fully saturated rings. The molecule has 1 aliphatic heterocycles. The van der Waals surface area contributed by atoms with E-state index in [-0.39, 0.29) is 17.9 Å². The number of carbonyl (C=O) groups excluding carboxylic acids is 1. The summed E-state index contributed by atoms with van der Waals surface area (Å²) in [6.45, 7) is 8.56. The molecule has 1 N–H and O–H groups in total. The van der Waals surface area contributed by atoms with Crippen LogP contribution in [0.4, 0.5) is 4.79 Å². The number of hydrogen-bond acceptors (Lipinski definition) is 3. The van der Waals surface area contributed by atoms with Gasteiger partial charge in [0.1, 0.15) is 11.4 Å². The minimum atomic E-state index is -0.486. The van der Waals surface area contributed by atoms with E-state index >= 15 is 0 Å². The van der Waals surface area contributed by atoms with E-state index in [4.69, 9.17) is 4.74 Å². The molecule has 0 spiro atoms. The zero-order chi connectivity index (χ0) is 15.6. The lowest BCUT2D eigenvalue weighted by Crippen LogP contribution is -2.43. The number of nitrogens with zero attached hydrogens (tertiary/aromatic N) is 1. The molecule has 1 saturated heterocycles. The third kappa shape index (κ3) is 4.13. The highest BCUT2D eigenvalue weighted by molar-refractivity contribution is 5.69. The van der Waals surface area contributed by atoms with E-state index in [1.54, 1.807) is 12.1 Å². The van der Waals surface area contributed by atoms with E-state index in [1.807, 2.05) is 37.8 Å². The second-order valence-corrected chi connectivity index (χ2v) is 6.91. The van der Waals surface area contributed by atoms with Crippen molar-refractivity contribution in [2.45, 2.75) is 52.2 Å². The number of amides is 1. The van der Waals surface area contributed by atoms with Crippen molar-refractivity contribution in [3.05, 3.63) is 29.8 Å². The first-order valence-electron chi connectivity index (χ1n) is 7.55. The van der Waals surface area contributed by atoms with Crippen molar-refractivity contribution in [2.24, 2.45) is 5.92 Å². The lowest BCUT2D eigenvalue weighted by atomic mass is 9.88. The smallest absolute Gasteiger partial charge is 0.410 e. The maximum absolute atomic E-state index is 12.4. The van der Waals surface area contributed by atoms with Crippen molar-refractivity contribution >= 4 is 6.09 Å². The van der Waals surface area contributed by atoms with Gasteiger partial charge in [-0.3, -0.25) is 0 Å². The van der Waals surface area contributed by atoms with Gasteiger partial charge in [-0.1, -0.05) is 19.1 Å². The first-order chi connectivity index (χ1) is 9.76. The third-order valence-corrected chi connectivity index (χ3v) is 3.77. The maximum atomic E-state index is 12.4. The molecule has 0 saturated carbocycles. The van der Waals surface area contributed by atoms with Crippen molar-refractivity contribution < 1.29 is 14.6 Å². The Morgan fingerprint density at radius 3 is 2.48 bits per heavy atom. The molecular weight excluding hydrogens is 266 g/mol. The van der Waals surface area contributed by atoms with Crippen LogP contribution in [-0.2, 0) is 4.74 Å². The van der Waals surface area contributed by atoms with Crippen molar-refractivity contribution in [3.8, 4) is 5.75 Å². The minimum absolute atomic E-state index is 0.0178. The second-order valence-electron chi connectivity index (χ2n) is 6.91. The van der Waals surface area contributed by atoms with Gasteiger partial charge in [0, 0.05) is 6.54 Å². The molecule has 21 heavy (non-hydrogen) atoms. The van der Waals surface area contributed by atoms with Crippen LogP contribution in [0, 0.1) is 5.92 Å². The van der Waals surface area contributed by atoms with Crippen LogP contribution >= 0.6 is 0 Å². The molecule has 1 aromatic rings. The SMILES string of the molecule is CC1CCN(C(=O)OC(C)(C)C)C(c2ccc(O)cc2)C1. The Morgan fingerprint density at radius 1 is 1.29 bits per heavy atom. The van der Waals surface area contributed by atoms with Crippen molar-refractivity contribution in [1.29, 1.82) is 0 Å². The number of aromatic hydroxyl groups is 1. The number of rotatable bonds is 1. The molecule has 2 unspecified atom stereocenters. The standard InChI is InChI=1S/C17H25NO3/c1-12-9-10-18(16(20)21-17(2,3)4)15(11-12)13-5-7-14(19)8-6-13/h5-8,12,15,19H,9-11H2,1-4H3. The van der Waals surface area contributed by atoms with Crippen LogP contribution in [0.25, 0.3) is 0 Å². The lowest BCUT2D eigenvalue weighted by molar-refractivity contribution is 0.00512. The number of phenols is 1. The first-order valence-corrected chi connectivity index (χ1v) is 7.55. The minimum Gasteiger partial charge on any atom is -0.508 e. The zero-order valence-electron chi connectivity index (χ0n) is 13.3. The summed E-state index contributed by atoms with van der Waals surface area (Å²) in [5.41, 5.74) is 0.560. The Kier molecular flexibility index (Phi) is 4.45. The number of ether oxygens (including phenoxy) is 1. The highest BCUT2D eigenvalue weighted by Gasteiger charge is 2.33. The van der Waals surface area contributed by atoms with Gasteiger partial charge in [-0.05, 0) is 57.2 Å². The van der Waals surface area contributed by atoms with Crippen LogP contribution in [-0.4, -0.2) is 28.2 Å². The summed E-state index contributed by atoms with van der Waals surface area (Å²) in [7, 11) is 0. The van der Waals surface area contributed by atoms with Gasteiger partial charge >= 0.3 is 6.09 Å². The van der Waals surface area contributed by atoms with E-state index in [9.17, 15) is 9.90 Å². The van der Waals surface area contributed by atoms with Gasteiger partial charge in [0.05, 0.1) is 6.04 Å². The molecular formula is C17H25NO3. The van der Waals surface area contributed by atoms with Crippen molar-refractivity contribution in [2.75, 3.05) is 6.54 Å². The highest BCUT2D eigenvalue weighted by Crippen LogP contribution is 2.35. The molecule has 1 heterocycles. The summed E-state index contributed by atoms with van der Waals surface area (Å²) in [4.78, 5) is 14.2. The van der Waals surface area contributed by atoms with E-state index in [2.05, 4.69) is 6.92 Å². The largest absolute Gasteiger partial charge is 0.508 e. The summed E-state index contributed by atoms with van der Waals surface area (Å²) in [6, 6.07) is 7.12. The first kappa shape index (κ1) is 15.7. The summed E-state index contributed by atoms with van der Waals surface area (Å²) < 4.78 is 5.53. The molecule has 1 aromatic carbocycles. The summed E-state index contributed by atoms with van der Waals surface area (Å²) in [5, 5.41) is 9.43. The maximum Gasteiger partial charge on any atom is 0.410 e. The van der Waals surface area contributed by atoms with Gasteiger partial charge in [0.15, 0.2) is 0 Å². The quantitative estimate of drug-likeness (QED) is 0.847. The van der Waals surface area contributed by atoms with Gasteiger partial charge in [0.2, 0.25) is 0 Å². The van der Waals surface area contributed by atoms with Crippen LogP contribution < -0.4 is 0 Å². The van der Waals surface area contributed by atoms with Gasteiger partial charge < -0.3 is 14.7 Å². The van der Waals surface area contributed by atoms with Crippen LogP contribution in [0.1, 0.15) is 52.1 Å². The van der Waals surface area contributed by atoms with Gasteiger partial charge in [-0.15, -0.1) is 0 Å². The average molecular weight is 291 g/mol. The van der Waals surface area contributed by atoms with Gasteiger partial charge in [-0.2, -0.15) is 0 Å². The molecule has 116 valence electrons. The van der Waals surface area contributed by atoms with E-state index < -0.39 is 5.60 Å². The molecule has 4 nitrogen and oxygen atoms in total. The fraction of sp³-hybridized carbons (Fsp3) is 0.588. The monoisotopic (exact) mass is 291 g/mol. The number of piperidine rings is 1. The van der Waals surface area contributed by atoms with Gasteiger partial charge in [-0.25, -0.2) is 4.79 Å². The summed E-state index contributed by atoms with van der Waals surface area (Å²) in [6.07, 6.45) is 1.66. The van der Waals surface area contributed by atoms with E-state index in [1.165, 1.54) is 0 Å². The Labute approximate surface area is 126 Å². The number of carbonyl (C=O) groups is 1. The summed E-state index contributed by atoms with van der Waals surface area (Å²) >= 11 is 0. The van der Waals surface area contributed by atoms with E-state index in [0.29, 0.717) is 12.5 Å². The molecule has 2 atom stereocenters. The van der Waals surface area contributed by atoms with Crippen LogP contribution in [0.5, 0.6) is 5.75 Å². The molecule has 1 aliphatic rings. The predicted octanol–water partition coefficient (Wildman–Crippen LogP) is 4.10. The molecule has 2 rings (SSSR count). The number of hydrogen-bond donors (Lipinski definition) is 1. The van der Waals surface area contributed by atoms with Crippen LogP contribution in [0.15, 0.2) is 24.3 Å². The molecule has 1 amide bonds. The second kappa shape index (κ2) is 5.96. The van der Waals surface area contributed by atoms with E-state index in [0.717, 1.165) is 18.4 Å². The Balaban J connectivity index is 2.21. The van der Waals surface area contributed by atoms with Crippen LogP contribution in [0.3, 0.4) is 0 Å². The van der Waals surface area contributed by atoms with Crippen molar-refractivity contribution in [3.63, 3.8) is 0 Å². The Hall–Kier alpha value is -1.71. The average Bonchev–Trinajstić information content (AvgIpc) is 2.37. The molecule has 0 bridgehead atoms. The fourth-order valence-corrected chi connectivity index (χ4v) is 2.69. The molecule has 0 aliphatic carbocycles. The normalized spacial score (nSPS) is 23.0. The Morgan fingerprint density at radius 2 is 1.90 bits per heavy atom. The lowest BCUT2D eigenvalue weighted by Gasteiger charge is -2.39. The topological polar surface area (TPSA) is 49.8 Å². The third-order valence-electron chi connectivity index (χ3n) is 3.77. The summed E-state index contributed by atoms with van der Waals surface area (Å²) in [5.74, 6) is 0.814. The predicted molar refractivity (Wildman–Crippen MR) is 82.2 cm³/mol. The molecule has 0 aromatic heterocycles. The fourth-order valence-electron chi connectivity index (χ4n) is 2.69. The Bertz CT molecular complexity index is 490. The number of likely N-dealkylation sites (tertiary alicyclic amines) is 1.